The number of para-hydroxylation sites is 1. The fourth-order valence-electron chi connectivity index (χ4n) is 2.68. The standard InChI is InChI=1S/C23H28N2O5/c1-6-25(19-10-8-7-9-11-19)20(26)16(2)29-21(27)17-12-14-18(15-13-17)24-22(28)30-23(3,4)5/h7-16H,6H2,1-5H3,(H,24,28)/t16-/m1/s1. The molecule has 1 atom stereocenters. The number of esters is 1. The Morgan fingerprint density at radius 2 is 1.60 bits per heavy atom. The van der Waals surface area contributed by atoms with Gasteiger partial charge in [0.2, 0.25) is 0 Å². The lowest BCUT2D eigenvalue weighted by Gasteiger charge is -2.24. The molecule has 0 aliphatic rings. The number of nitrogens with zero attached hydrogens (tertiary/aromatic N) is 1. The van der Waals surface area contributed by atoms with Crippen molar-refractivity contribution in [2.75, 3.05) is 16.8 Å². The number of carbonyl (C=O) groups excluding carboxylic acids is 3. The van der Waals surface area contributed by atoms with Crippen LogP contribution in [0.5, 0.6) is 0 Å². The van der Waals surface area contributed by atoms with Crippen LogP contribution in [0, 0.1) is 0 Å². The first-order chi connectivity index (χ1) is 14.1. The Balaban J connectivity index is 1.98. The zero-order valence-electron chi connectivity index (χ0n) is 18.0. The molecule has 0 aliphatic carbocycles. The van der Waals surface area contributed by atoms with E-state index in [9.17, 15) is 14.4 Å². The van der Waals surface area contributed by atoms with Crippen molar-refractivity contribution in [2.24, 2.45) is 0 Å². The van der Waals surface area contributed by atoms with Crippen molar-refractivity contribution in [3.63, 3.8) is 0 Å². The highest BCUT2D eigenvalue weighted by Gasteiger charge is 2.24. The third-order valence-electron chi connectivity index (χ3n) is 4.05. The zero-order valence-corrected chi connectivity index (χ0v) is 18.0. The topological polar surface area (TPSA) is 84.9 Å². The van der Waals surface area contributed by atoms with E-state index < -0.39 is 23.8 Å². The molecule has 0 saturated carbocycles. The third-order valence-corrected chi connectivity index (χ3v) is 4.05. The van der Waals surface area contributed by atoms with Crippen LogP contribution >= 0.6 is 0 Å². The molecule has 1 N–H and O–H groups in total. The number of anilines is 2. The molecule has 0 aliphatic heterocycles. The van der Waals surface area contributed by atoms with E-state index in [0.717, 1.165) is 5.69 Å². The number of hydrogen-bond donors (Lipinski definition) is 1. The molecule has 2 amide bonds. The minimum atomic E-state index is -0.947. The molecule has 0 bridgehead atoms. The predicted octanol–water partition coefficient (Wildman–Crippen LogP) is 4.63. The second-order valence-electron chi connectivity index (χ2n) is 7.67. The second kappa shape index (κ2) is 9.91. The van der Waals surface area contributed by atoms with E-state index in [-0.39, 0.29) is 11.5 Å². The highest BCUT2D eigenvalue weighted by atomic mass is 16.6. The second-order valence-corrected chi connectivity index (χ2v) is 7.67. The van der Waals surface area contributed by atoms with E-state index in [0.29, 0.717) is 12.2 Å². The Labute approximate surface area is 177 Å². The molecule has 0 unspecified atom stereocenters. The SMILES string of the molecule is CCN(C(=O)[C@@H](C)OC(=O)c1ccc(NC(=O)OC(C)(C)C)cc1)c1ccccc1. The number of carbonyl (C=O) groups is 3. The molecule has 0 heterocycles. The van der Waals surface area contributed by atoms with Gasteiger partial charge in [0.15, 0.2) is 6.10 Å². The maximum Gasteiger partial charge on any atom is 0.412 e. The van der Waals surface area contributed by atoms with E-state index in [2.05, 4.69) is 5.32 Å². The lowest BCUT2D eigenvalue weighted by Crippen LogP contribution is -2.40. The zero-order chi connectivity index (χ0) is 22.3. The molecule has 0 saturated heterocycles. The molecule has 0 spiro atoms. The van der Waals surface area contributed by atoms with E-state index in [4.69, 9.17) is 9.47 Å². The Kier molecular flexibility index (Phi) is 7.58. The Hall–Kier alpha value is -3.35. The molecule has 0 fully saturated rings. The molecule has 0 aromatic heterocycles. The largest absolute Gasteiger partial charge is 0.449 e. The number of rotatable bonds is 6. The average molecular weight is 412 g/mol. The van der Waals surface area contributed by atoms with Crippen LogP contribution in [0.4, 0.5) is 16.2 Å². The highest BCUT2D eigenvalue weighted by molar-refractivity contribution is 5.99. The molecule has 7 heteroatoms. The minimum Gasteiger partial charge on any atom is -0.449 e. The van der Waals surface area contributed by atoms with E-state index in [1.165, 1.54) is 12.1 Å². The fourth-order valence-corrected chi connectivity index (χ4v) is 2.68. The number of likely N-dealkylation sites (N-methyl/N-ethyl adjacent to an activating group) is 1. The maximum atomic E-state index is 12.7. The van der Waals surface area contributed by atoms with E-state index >= 15 is 0 Å². The maximum absolute atomic E-state index is 12.7. The summed E-state index contributed by atoms with van der Waals surface area (Å²) in [6, 6.07) is 15.4. The van der Waals surface area contributed by atoms with Gasteiger partial charge in [0.25, 0.3) is 5.91 Å². The van der Waals surface area contributed by atoms with Gasteiger partial charge in [-0.3, -0.25) is 10.1 Å². The van der Waals surface area contributed by atoms with Crippen LogP contribution < -0.4 is 10.2 Å². The molecule has 2 aromatic rings. The van der Waals surface area contributed by atoms with Crippen LogP contribution in [-0.4, -0.2) is 36.2 Å². The van der Waals surface area contributed by atoms with E-state index in [1.807, 2.05) is 37.3 Å². The monoisotopic (exact) mass is 412 g/mol. The van der Waals surface area contributed by atoms with Gasteiger partial charge in [-0.05, 0) is 71.0 Å². The lowest BCUT2D eigenvalue weighted by molar-refractivity contribution is -0.126. The molecule has 30 heavy (non-hydrogen) atoms. The van der Waals surface area contributed by atoms with Crippen molar-refractivity contribution in [3.05, 3.63) is 60.2 Å². The normalized spacial score (nSPS) is 11.9. The van der Waals surface area contributed by atoms with Crippen LogP contribution in [0.25, 0.3) is 0 Å². The summed E-state index contributed by atoms with van der Waals surface area (Å²) in [7, 11) is 0. The van der Waals surface area contributed by atoms with Crippen LogP contribution in [-0.2, 0) is 14.3 Å². The van der Waals surface area contributed by atoms with Crippen molar-refractivity contribution >= 4 is 29.3 Å². The van der Waals surface area contributed by atoms with E-state index in [1.54, 1.807) is 44.7 Å². The van der Waals surface area contributed by atoms with Gasteiger partial charge in [0.1, 0.15) is 5.60 Å². The van der Waals surface area contributed by atoms with Gasteiger partial charge in [-0.15, -0.1) is 0 Å². The van der Waals surface area contributed by atoms with Crippen molar-refractivity contribution in [1.29, 1.82) is 0 Å². The molecular formula is C23H28N2O5. The first kappa shape index (κ1) is 22.9. The van der Waals surface area contributed by atoms with Crippen molar-refractivity contribution in [1.82, 2.24) is 0 Å². The summed E-state index contributed by atoms with van der Waals surface area (Å²) in [6.07, 6.45) is -1.53. The first-order valence-electron chi connectivity index (χ1n) is 9.78. The van der Waals surface area contributed by atoms with Gasteiger partial charge >= 0.3 is 12.1 Å². The number of nitrogens with one attached hydrogen (secondary N) is 1. The van der Waals surface area contributed by atoms with Crippen LogP contribution in [0.2, 0.25) is 0 Å². The molecule has 7 nitrogen and oxygen atoms in total. The third kappa shape index (κ3) is 6.62. The average Bonchev–Trinajstić information content (AvgIpc) is 2.68. The molecule has 0 radical (unpaired) electrons. The Morgan fingerprint density at radius 1 is 1.00 bits per heavy atom. The van der Waals surface area contributed by atoms with Crippen LogP contribution in [0.15, 0.2) is 54.6 Å². The molecular weight excluding hydrogens is 384 g/mol. The van der Waals surface area contributed by atoms with Gasteiger partial charge in [0.05, 0.1) is 5.56 Å². The van der Waals surface area contributed by atoms with Gasteiger partial charge in [-0.2, -0.15) is 0 Å². The summed E-state index contributed by atoms with van der Waals surface area (Å²) in [5.74, 6) is -0.927. The van der Waals surface area contributed by atoms with Gasteiger partial charge in [0, 0.05) is 17.9 Å². The summed E-state index contributed by atoms with van der Waals surface area (Å²) >= 11 is 0. The number of ether oxygens (including phenoxy) is 2. The number of amides is 2. The molecule has 2 aromatic carbocycles. The van der Waals surface area contributed by atoms with Crippen LogP contribution in [0.1, 0.15) is 45.0 Å². The van der Waals surface area contributed by atoms with Gasteiger partial charge < -0.3 is 14.4 Å². The van der Waals surface area contributed by atoms with Crippen LogP contribution in [0.3, 0.4) is 0 Å². The summed E-state index contributed by atoms with van der Waals surface area (Å²) in [5, 5.41) is 2.59. The van der Waals surface area contributed by atoms with Crippen molar-refractivity contribution < 1.29 is 23.9 Å². The summed E-state index contributed by atoms with van der Waals surface area (Å²) in [4.78, 5) is 38.5. The Morgan fingerprint density at radius 3 is 2.13 bits per heavy atom. The Bertz CT molecular complexity index is 873. The number of benzene rings is 2. The van der Waals surface area contributed by atoms with Crippen molar-refractivity contribution in [3.8, 4) is 0 Å². The first-order valence-corrected chi connectivity index (χ1v) is 9.78. The van der Waals surface area contributed by atoms with Gasteiger partial charge in [-0.25, -0.2) is 9.59 Å². The fraction of sp³-hybridized carbons (Fsp3) is 0.348. The molecule has 160 valence electrons. The summed E-state index contributed by atoms with van der Waals surface area (Å²) in [6.45, 7) is 9.17. The summed E-state index contributed by atoms with van der Waals surface area (Å²) in [5.41, 5.74) is 0.881. The quantitative estimate of drug-likeness (QED) is 0.699. The van der Waals surface area contributed by atoms with Gasteiger partial charge in [-0.1, -0.05) is 18.2 Å². The smallest absolute Gasteiger partial charge is 0.412 e. The van der Waals surface area contributed by atoms with Crippen molar-refractivity contribution in [2.45, 2.75) is 46.3 Å². The lowest BCUT2D eigenvalue weighted by atomic mass is 10.2. The number of hydrogen-bond acceptors (Lipinski definition) is 5. The highest BCUT2D eigenvalue weighted by Crippen LogP contribution is 2.17. The minimum absolute atomic E-state index is 0.271. The summed E-state index contributed by atoms with van der Waals surface area (Å²) < 4.78 is 10.5. The predicted molar refractivity (Wildman–Crippen MR) is 116 cm³/mol. The molecule has 2 rings (SSSR count).